The molecule has 1 aromatic heterocycles. The predicted octanol–water partition coefficient (Wildman–Crippen LogP) is 3.91. The Bertz CT molecular complexity index is 398. The lowest BCUT2D eigenvalue weighted by Gasteiger charge is -2.29. The Balaban J connectivity index is 2.51. The first kappa shape index (κ1) is 13.5. The molecule has 0 saturated carbocycles. The lowest BCUT2D eigenvalue weighted by atomic mass is 9.79. The van der Waals surface area contributed by atoms with E-state index in [2.05, 4.69) is 38.7 Å². The van der Waals surface area contributed by atoms with Crippen LogP contribution < -0.4 is 0 Å². The molecule has 1 aliphatic heterocycles. The minimum atomic E-state index is 0.501. The van der Waals surface area contributed by atoms with Crippen molar-refractivity contribution in [1.29, 1.82) is 0 Å². The van der Waals surface area contributed by atoms with Gasteiger partial charge in [0.05, 0.1) is 6.61 Å². The molecule has 0 aliphatic carbocycles. The minimum Gasteiger partial charge on any atom is -0.381 e. The Labute approximate surface area is 111 Å². The molecule has 2 nitrogen and oxygen atoms in total. The molecule has 0 spiro atoms. The van der Waals surface area contributed by atoms with E-state index in [4.69, 9.17) is 4.74 Å². The lowest BCUT2D eigenvalue weighted by molar-refractivity contribution is 0.120. The van der Waals surface area contributed by atoms with Gasteiger partial charge in [-0.15, -0.1) is 0 Å². The standard InChI is InChI=1S/C16H25NO/c1-11(2)14-7-10-18-9-6-13-5-8-17-16(12(3)4)15(13)14/h5,8,11-12,14H,6-7,9-10H2,1-4H3. The molecule has 1 unspecified atom stereocenters. The molecule has 0 N–H and O–H groups in total. The van der Waals surface area contributed by atoms with E-state index in [0.717, 1.165) is 26.1 Å². The van der Waals surface area contributed by atoms with Crippen LogP contribution in [0.1, 0.15) is 62.8 Å². The predicted molar refractivity (Wildman–Crippen MR) is 75.0 cm³/mol. The van der Waals surface area contributed by atoms with E-state index in [-0.39, 0.29) is 0 Å². The van der Waals surface area contributed by atoms with Crippen LogP contribution in [0.2, 0.25) is 0 Å². The van der Waals surface area contributed by atoms with E-state index in [1.54, 1.807) is 0 Å². The zero-order chi connectivity index (χ0) is 13.1. The van der Waals surface area contributed by atoms with Crippen molar-refractivity contribution in [2.24, 2.45) is 5.92 Å². The molecule has 18 heavy (non-hydrogen) atoms. The van der Waals surface area contributed by atoms with Gasteiger partial charge in [0.15, 0.2) is 0 Å². The maximum atomic E-state index is 5.69. The minimum absolute atomic E-state index is 0.501. The quantitative estimate of drug-likeness (QED) is 0.790. The van der Waals surface area contributed by atoms with Crippen LogP contribution in [0.15, 0.2) is 12.3 Å². The van der Waals surface area contributed by atoms with Crippen molar-refractivity contribution in [1.82, 2.24) is 4.98 Å². The van der Waals surface area contributed by atoms with Crippen LogP contribution in [0.25, 0.3) is 0 Å². The van der Waals surface area contributed by atoms with Crippen LogP contribution in [0.5, 0.6) is 0 Å². The zero-order valence-corrected chi connectivity index (χ0v) is 12.1. The third kappa shape index (κ3) is 2.74. The van der Waals surface area contributed by atoms with Crippen LogP contribution in [0.3, 0.4) is 0 Å². The highest BCUT2D eigenvalue weighted by Crippen LogP contribution is 2.36. The molecule has 2 heterocycles. The zero-order valence-electron chi connectivity index (χ0n) is 12.1. The number of hydrogen-bond donors (Lipinski definition) is 0. The van der Waals surface area contributed by atoms with Crippen LogP contribution in [0, 0.1) is 5.92 Å². The highest BCUT2D eigenvalue weighted by atomic mass is 16.5. The first-order valence-corrected chi connectivity index (χ1v) is 7.16. The number of rotatable bonds is 2. The summed E-state index contributed by atoms with van der Waals surface area (Å²) < 4.78 is 5.69. The second kappa shape index (κ2) is 5.83. The molecule has 0 radical (unpaired) electrons. The van der Waals surface area contributed by atoms with Crippen LogP contribution in [-0.4, -0.2) is 18.2 Å². The molecular formula is C16H25NO. The van der Waals surface area contributed by atoms with Crippen molar-refractivity contribution >= 4 is 0 Å². The average molecular weight is 247 g/mol. The number of nitrogens with zero attached hydrogens (tertiary/aromatic N) is 1. The molecule has 2 heteroatoms. The van der Waals surface area contributed by atoms with Gasteiger partial charge < -0.3 is 4.74 Å². The maximum absolute atomic E-state index is 5.69. The molecule has 1 aliphatic rings. The molecule has 100 valence electrons. The molecule has 0 saturated heterocycles. The summed E-state index contributed by atoms with van der Waals surface area (Å²) in [6.45, 7) is 10.8. The fraction of sp³-hybridized carbons (Fsp3) is 0.688. The summed E-state index contributed by atoms with van der Waals surface area (Å²) in [6.07, 6.45) is 4.12. The maximum Gasteiger partial charge on any atom is 0.0506 e. The van der Waals surface area contributed by atoms with Crippen LogP contribution in [-0.2, 0) is 11.2 Å². The number of fused-ring (bicyclic) bond motifs is 1. The van der Waals surface area contributed by atoms with E-state index in [9.17, 15) is 0 Å². The molecule has 0 amide bonds. The summed E-state index contributed by atoms with van der Waals surface area (Å²) in [6, 6.07) is 2.19. The number of pyridine rings is 1. The van der Waals surface area contributed by atoms with Crippen molar-refractivity contribution in [3.63, 3.8) is 0 Å². The van der Waals surface area contributed by atoms with Gasteiger partial charge in [-0.3, -0.25) is 4.98 Å². The third-order valence-electron chi connectivity index (χ3n) is 3.92. The van der Waals surface area contributed by atoms with E-state index in [0.29, 0.717) is 17.8 Å². The van der Waals surface area contributed by atoms with Crippen molar-refractivity contribution < 1.29 is 4.74 Å². The molecular weight excluding hydrogens is 222 g/mol. The first-order chi connectivity index (χ1) is 8.61. The second-order valence-electron chi connectivity index (χ2n) is 5.93. The van der Waals surface area contributed by atoms with Crippen LogP contribution >= 0.6 is 0 Å². The molecule has 1 aromatic rings. The van der Waals surface area contributed by atoms with E-state index in [1.807, 2.05) is 6.20 Å². The Kier molecular flexibility index (Phi) is 4.39. The Hall–Kier alpha value is -0.890. The molecule has 0 aromatic carbocycles. The summed E-state index contributed by atoms with van der Waals surface area (Å²) in [5.41, 5.74) is 4.27. The average Bonchev–Trinajstić information content (AvgIpc) is 2.28. The monoisotopic (exact) mass is 247 g/mol. The number of ether oxygens (including phenoxy) is 1. The Morgan fingerprint density at radius 3 is 2.67 bits per heavy atom. The van der Waals surface area contributed by atoms with Gasteiger partial charge in [-0.2, -0.15) is 0 Å². The number of hydrogen-bond acceptors (Lipinski definition) is 2. The summed E-state index contributed by atoms with van der Waals surface area (Å²) in [4.78, 5) is 4.66. The van der Waals surface area contributed by atoms with Gasteiger partial charge in [-0.05, 0) is 47.8 Å². The molecule has 2 rings (SSSR count). The topological polar surface area (TPSA) is 22.1 Å². The summed E-state index contributed by atoms with van der Waals surface area (Å²) in [5.74, 6) is 1.74. The van der Waals surface area contributed by atoms with Gasteiger partial charge in [0.2, 0.25) is 0 Å². The first-order valence-electron chi connectivity index (χ1n) is 7.16. The van der Waals surface area contributed by atoms with Gasteiger partial charge in [-0.1, -0.05) is 27.7 Å². The Morgan fingerprint density at radius 2 is 2.00 bits per heavy atom. The highest BCUT2D eigenvalue weighted by molar-refractivity contribution is 5.36. The van der Waals surface area contributed by atoms with Gasteiger partial charge >= 0.3 is 0 Å². The highest BCUT2D eigenvalue weighted by Gasteiger charge is 2.25. The summed E-state index contributed by atoms with van der Waals surface area (Å²) in [5, 5.41) is 0. The van der Waals surface area contributed by atoms with E-state index in [1.165, 1.54) is 16.8 Å². The molecule has 0 bridgehead atoms. The van der Waals surface area contributed by atoms with Gasteiger partial charge in [0.1, 0.15) is 0 Å². The van der Waals surface area contributed by atoms with E-state index < -0.39 is 0 Å². The molecule has 0 fully saturated rings. The van der Waals surface area contributed by atoms with Gasteiger partial charge in [-0.25, -0.2) is 0 Å². The van der Waals surface area contributed by atoms with Gasteiger partial charge in [0, 0.05) is 18.5 Å². The smallest absolute Gasteiger partial charge is 0.0506 e. The van der Waals surface area contributed by atoms with Crippen LogP contribution in [0.4, 0.5) is 0 Å². The summed E-state index contributed by atoms with van der Waals surface area (Å²) in [7, 11) is 0. The van der Waals surface area contributed by atoms with Crippen molar-refractivity contribution in [3.05, 3.63) is 29.1 Å². The van der Waals surface area contributed by atoms with Crippen molar-refractivity contribution in [2.45, 2.75) is 52.4 Å². The van der Waals surface area contributed by atoms with Crippen molar-refractivity contribution in [3.8, 4) is 0 Å². The SMILES string of the molecule is CC(C)c1nccc2c1C(C(C)C)CCOCC2. The Morgan fingerprint density at radius 1 is 1.22 bits per heavy atom. The van der Waals surface area contributed by atoms with Crippen molar-refractivity contribution in [2.75, 3.05) is 13.2 Å². The third-order valence-corrected chi connectivity index (χ3v) is 3.92. The van der Waals surface area contributed by atoms with E-state index >= 15 is 0 Å². The molecule has 1 atom stereocenters. The summed E-state index contributed by atoms with van der Waals surface area (Å²) >= 11 is 0. The second-order valence-corrected chi connectivity index (χ2v) is 5.93. The lowest BCUT2D eigenvalue weighted by Crippen LogP contribution is -2.20. The fourth-order valence-corrected chi connectivity index (χ4v) is 2.94. The number of aromatic nitrogens is 1. The largest absolute Gasteiger partial charge is 0.381 e. The normalized spacial score (nSPS) is 20.7. The van der Waals surface area contributed by atoms with Gasteiger partial charge in [0.25, 0.3) is 0 Å². The fourth-order valence-electron chi connectivity index (χ4n) is 2.94.